The van der Waals surface area contributed by atoms with Crippen LogP contribution < -0.4 is 5.73 Å². The summed E-state index contributed by atoms with van der Waals surface area (Å²) < 4.78 is 14.8. The van der Waals surface area contributed by atoms with Crippen molar-refractivity contribution in [1.29, 1.82) is 0 Å². The molecular formula is C12H17N5O2S. The largest absolute Gasteiger partial charge is 0.376 e. The highest BCUT2D eigenvalue weighted by Gasteiger charge is 2.22. The van der Waals surface area contributed by atoms with E-state index in [2.05, 4.69) is 19.7 Å². The zero-order valence-electron chi connectivity index (χ0n) is 11.3. The van der Waals surface area contributed by atoms with Gasteiger partial charge in [0.05, 0.1) is 24.4 Å². The van der Waals surface area contributed by atoms with Gasteiger partial charge in [0.25, 0.3) is 5.89 Å². The Labute approximate surface area is 120 Å². The molecule has 0 amide bonds. The minimum Gasteiger partial charge on any atom is -0.376 e. The van der Waals surface area contributed by atoms with E-state index in [4.69, 9.17) is 15.0 Å². The number of aromatic nitrogens is 4. The quantitative estimate of drug-likeness (QED) is 0.865. The molecule has 0 radical (unpaired) electrons. The molecule has 2 aromatic heterocycles. The second kappa shape index (κ2) is 5.94. The third-order valence-corrected chi connectivity index (χ3v) is 4.18. The molecule has 2 N–H and O–H groups in total. The molecule has 0 aliphatic heterocycles. The summed E-state index contributed by atoms with van der Waals surface area (Å²) in [6.07, 6.45) is 4.61. The van der Waals surface area contributed by atoms with Crippen LogP contribution in [0.5, 0.6) is 0 Å². The first kappa shape index (κ1) is 13.6. The summed E-state index contributed by atoms with van der Waals surface area (Å²) in [6, 6.07) is -0.362. The monoisotopic (exact) mass is 295 g/mol. The van der Waals surface area contributed by atoms with Crippen LogP contribution in [0.4, 0.5) is 0 Å². The highest BCUT2D eigenvalue weighted by Crippen LogP contribution is 2.26. The van der Waals surface area contributed by atoms with Crippen molar-refractivity contribution in [2.24, 2.45) is 5.73 Å². The third kappa shape index (κ3) is 2.72. The van der Waals surface area contributed by atoms with E-state index in [1.54, 1.807) is 0 Å². The molecule has 2 aromatic rings. The van der Waals surface area contributed by atoms with Gasteiger partial charge in [-0.15, -0.1) is 5.10 Å². The average Bonchev–Trinajstić information content (AvgIpc) is 3.04. The summed E-state index contributed by atoms with van der Waals surface area (Å²) in [5, 5.41) is 7.96. The van der Waals surface area contributed by atoms with Crippen LogP contribution >= 0.6 is 11.5 Å². The summed E-state index contributed by atoms with van der Waals surface area (Å²) in [7, 11) is 0. The summed E-state index contributed by atoms with van der Waals surface area (Å²) in [5.41, 5.74) is 6.89. The van der Waals surface area contributed by atoms with E-state index in [9.17, 15) is 0 Å². The molecule has 0 saturated heterocycles. The zero-order valence-corrected chi connectivity index (χ0v) is 12.1. The molecule has 1 aliphatic carbocycles. The Balaban J connectivity index is 1.66. The van der Waals surface area contributed by atoms with E-state index in [0.29, 0.717) is 24.4 Å². The second-order valence-electron chi connectivity index (χ2n) is 4.85. The van der Waals surface area contributed by atoms with Gasteiger partial charge in [0.2, 0.25) is 0 Å². The van der Waals surface area contributed by atoms with Crippen molar-refractivity contribution in [1.82, 2.24) is 19.7 Å². The van der Waals surface area contributed by atoms with Gasteiger partial charge in [-0.25, -0.2) is 0 Å². The Morgan fingerprint density at radius 3 is 3.05 bits per heavy atom. The molecule has 1 aliphatic rings. The maximum atomic E-state index is 6.02. The highest BCUT2D eigenvalue weighted by molar-refractivity contribution is 7.09. The van der Waals surface area contributed by atoms with Gasteiger partial charge < -0.3 is 15.0 Å². The van der Waals surface area contributed by atoms with Crippen molar-refractivity contribution in [3.8, 4) is 10.8 Å². The summed E-state index contributed by atoms with van der Waals surface area (Å²) in [6.45, 7) is 2.43. The standard InChI is InChI=1S/C12H17N5O2S/c1-2-9-10(20-17-15-9)12-14-11(16-19-12)8(13)6-18-7-4-3-5-7/h7-8H,2-6,13H2,1H3. The van der Waals surface area contributed by atoms with E-state index < -0.39 is 0 Å². The first-order valence-corrected chi connectivity index (χ1v) is 7.57. The first-order valence-electron chi connectivity index (χ1n) is 6.80. The van der Waals surface area contributed by atoms with Crippen LogP contribution in [0, 0.1) is 0 Å². The number of rotatable bonds is 6. The number of nitrogens with two attached hydrogens (primary N) is 1. The lowest BCUT2D eigenvalue weighted by molar-refractivity contribution is -0.00549. The van der Waals surface area contributed by atoms with E-state index in [1.165, 1.54) is 18.0 Å². The fraction of sp³-hybridized carbons (Fsp3) is 0.667. The first-order chi connectivity index (χ1) is 9.78. The van der Waals surface area contributed by atoms with Crippen LogP contribution in [0.2, 0.25) is 0 Å². The normalized spacial score (nSPS) is 17.1. The summed E-state index contributed by atoms with van der Waals surface area (Å²) in [4.78, 5) is 5.15. The smallest absolute Gasteiger partial charge is 0.271 e. The van der Waals surface area contributed by atoms with Gasteiger partial charge in [-0.05, 0) is 37.2 Å². The van der Waals surface area contributed by atoms with Gasteiger partial charge in [-0.1, -0.05) is 16.6 Å². The number of ether oxygens (including phenoxy) is 1. The molecule has 1 fully saturated rings. The molecule has 108 valence electrons. The van der Waals surface area contributed by atoms with Crippen molar-refractivity contribution in [2.45, 2.75) is 44.8 Å². The van der Waals surface area contributed by atoms with E-state index in [-0.39, 0.29) is 6.04 Å². The summed E-state index contributed by atoms with van der Waals surface area (Å²) in [5.74, 6) is 0.903. The second-order valence-corrected chi connectivity index (χ2v) is 5.61. The Bertz CT molecular complexity index is 566. The average molecular weight is 295 g/mol. The maximum Gasteiger partial charge on any atom is 0.271 e. The lowest BCUT2D eigenvalue weighted by Gasteiger charge is -2.26. The molecule has 3 rings (SSSR count). The molecule has 0 spiro atoms. The number of aryl methyl sites for hydroxylation is 1. The van der Waals surface area contributed by atoms with Crippen LogP contribution in [-0.2, 0) is 11.2 Å². The Kier molecular flexibility index (Phi) is 4.04. The lowest BCUT2D eigenvalue weighted by atomic mass is 9.96. The fourth-order valence-corrected chi connectivity index (χ4v) is 2.60. The lowest BCUT2D eigenvalue weighted by Crippen LogP contribution is -2.27. The molecule has 7 nitrogen and oxygen atoms in total. The van der Waals surface area contributed by atoms with Crippen LogP contribution in [0.3, 0.4) is 0 Å². The van der Waals surface area contributed by atoms with Crippen molar-refractivity contribution < 1.29 is 9.26 Å². The Morgan fingerprint density at radius 1 is 1.50 bits per heavy atom. The molecule has 1 atom stereocenters. The molecule has 1 unspecified atom stereocenters. The van der Waals surface area contributed by atoms with E-state index in [1.807, 2.05) is 6.92 Å². The van der Waals surface area contributed by atoms with Gasteiger partial charge in [-0.3, -0.25) is 0 Å². The topological polar surface area (TPSA) is 100.0 Å². The van der Waals surface area contributed by atoms with Crippen LogP contribution in [0.25, 0.3) is 10.8 Å². The van der Waals surface area contributed by atoms with Crippen molar-refractivity contribution >= 4 is 11.5 Å². The number of hydrogen-bond acceptors (Lipinski definition) is 8. The fourth-order valence-electron chi connectivity index (χ4n) is 1.93. The SMILES string of the molecule is CCc1nnsc1-c1nc(C(N)COC2CCC2)no1. The Morgan fingerprint density at radius 2 is 2.35 bits per heavy atom. The van der Waals surface area contributed by atoms with Crippen molar-refractivity contribution in [3.05, 3.63) is 11.5 Å². The molecule has 1 saturated carbocycles. The van der Waals surface area contributed by atoms with Crippen molar-refractivity contribution in [2.75, 3.05) is 6.61 Å². The number of nitrogens with zero attached hydrogens (tertiary/aromatic N) is 4. The minimum atomic E-state index is -0.362. The predicted octanol–water partition coefficient (Wildman–Crippen LogP) is 1.72. The van der Waals surface area contributed by atoms with Crippen LogP contribution in [0.1, 0.15) is 43.7 Å². The third-order valence-electron chi connectivity index (χ3n) is 3.42. The predicted molar refractivity (Wildman–Crippen MR) is 73.1 cm³/mol. The van der Waals surface area contributed by atoms with E-state index >= 15 is 0 Å². The minimum absolute atomic E-state index is 0.352. The number of hydrogen-bond donors (Lipinski definition) is 1. The molecule has 20 heavy (non-hydrogen) atoms. The van der Waals surface area contributed by atoms with Gasteiger partial charge in [0.1, 0.15) is 4.88 Å². The highest BCUT2D eigenvalue weighted by atomic mass is 32.1. The molecule has 2 heterocycles. The van der Waals surface area contributed by atoms with Crippen LogP contribution in [0.15, 0.2) is 4.52 Å². The molecular weight excluding hydrogens is 278 g/mol. The molecule has 0 bridgehead atoms. The zero-order chi connectivity index (χ0) is 13.9. The molecule has 8 heteroatoms. The summed E-state index contributed by atoms with van der Waals surface area (Å²) >= 11 is 1.25. The van der Waals surface area contributed by atoms with Crippen molar-refractivity contribution in [3.63, 3.8) is 0 Å². The Hall–Kier alpha value is -1.38. The van der Waals surface area contributed by atoms with Crippen LogP contribution in [-0.4, -0.2) is 32.4 Å². The molecule has 0 aromatic carbocycles. The van der Waals surface area contributed by atoms with Gasteiger partial charge in [-0.2, -0.15) is 4.98 Å². The van der Waals surface area contributed by atoms with E-state index in [0.717, 1.165) is 29.8 Å². The van der Waals surface area contributed by atoms with Gasteiger partial charge in [0, 0.05) is 0 Å². The van der Waals surface area contributed by atoms with Gasteiger partial charge >= 0.3 is 0 Å². The maximum absolute atomic E-state index is 6.02. The van der Waals surface area contributed by atoms with Gasteiger partial charge in [0.15, 0.2) is 5.82 Å².